The predicted octanol–water partition coefficient (Wildman–Crippen LogP) is -0.209. The normalized spacial score (nSPS) is 12.1. The van der Waals surface area contributed by atoms with E-state index in [0.717, 1.165) is 6.08 Å². The molecular formula is C7H11NO3. The van der Waals surface area contributed by atoms with E-state index >= 15 is 0 Å². The molecule has 4 heteroatoms. The molecule has 1 atom stereocenters. The third-order valence-electron chi connectivity index (χ3n) is 1.30. The highest BCUT2D eigenvalue weighted by atomic mass is 16.4. The van der Waals surface area contributed by atoms with Crippen molar-refractivity contribution in [1.82, 2.24) is 0 Å². The maximum absolute atomic E-state index is 10.8. The average molecular weight is 157 g/mol. The number of ketones is 1. The van der Waals surface area contributed by atoms with E-state index in [1.807, 2.05) is 0 Å². The first kappa shape index (κ1) is 9.84. The number of carboxylic acid groups (broad SMARTS) is 1. The minimum atomic E-state index is -1.14. The molecule has 4 nitrogen and oxygen atoms in total. The van der Waals surface area contributed by atoms with Crippen molar-refractivity contribution >= 4 is 11.8 Å². The van der Waals surface area contributed by atoms with E-state index in [9.17, 15) is 9.59 Å². The fraction of sp³-hybridized carbons (Fsp3) is 0.429. The zero-order valence-corrected chi connectivity index (χ0v) is 6.12. The van der Waals surface area contributed by atoms with Gasteiger partial charge in [-0.2, -0.15) is 0 Å². The third-order valence-corrected chi connectivity index (χ3v) is 1.30. The van der Waals surface area contributed by atoms with Gasteiger partial charge in [0, 0.05) is 0 Å². The Kier molecular flexibility index (Phi) is 4.14. The Balaban J connectivity index is 4.20. The van der Waals surface area contributed by atoms with Gasteiger partial charge in [-0.3, -0.25) is 9.59 Å². The summed E-state index contributed by atoms with van der Waals surface area (Å²) >= 11 is 0. The molecule has 0 aliphatic heterocycles. The molecule has 62 valence electrons. The molecule has 0 spiro atoms. The topological polar surface area (TPSA) is 80.4 Å². The first-order chi connectivity index (χ1) is 5.13. The smallest absolute Gasteiger partial charge is 0.314 e. The summed E-state index contributed by atoms with van der Waals surface area (Å²) in [5, 5.41) is 8.48. The second-order valence-electron chi connectivity index (χ2n) is 2.07. The van der Waals surface area contributed by atoms with Gasteiger partial charge < -0.3 is 10.8 Å². The third kappa shape index (κ3) is 2.95. The minimum Gasteiger partial charge on any atom is -0.481 e. The maximum atomic E-state index is 10.8. The Hall–Kier alpha value is -1.16. The molecular weight excluding hydrogens is 146 g/mol. The quantitative estimate of drug-likeness (QED) is 0.427. The maximum Gasteiger partial charge on any atom is 0.314 e. The number of rotatable bonds is 5. The number of aliphatic carboxylic acids is 1. The summed E-state index contributed by atoms with van der Waals surface area (Å²) in [5.74, 6) is -2.64. The molecule has 0 aromatic heterocycles. The standard InChI is InChI=1S/C7H11NO3/c1-2-6(9)5(3-4-8)7(10)11/h2,5H,1,3-4,8H2,(H,10,11). The molecule has 0 radical (unpaired) electrons. The molecule has 3 N–H and O–H groups in total. The summed E-state index contributed by atoms with van der Waals surface area (Å²) in [6.45, 7) is 3.38. The summed E-state index contributed by atoms with van der Waals surface area (Å²) in [6.07, 6.45) is 1.18. The fourth-order valence-corrected chi connectivity index (χ4v) is 0.696. The second kappa shape index (κ2) is 4.62. The van der Waals surface area contributed by atoms with Gasteiger partial charge in [-0.25, -0.2) is 0 Å². The molecule has 0 heterocycles. The van der Waals surface area contributed by atoms with Gasteiger partial charge >= 0.3 is 5.97 Å². The first-order valence-corrected chi connectivity index (χ1v) is 3.22. The van der Waals surface area contributed by atoms with Crippen LogP contribution >= 0.6 is 0 Å². The molecule has 0 amide bonds. The largest absolute Gasteiger partial charge is 0.481 e. The van der Waals surface area contributed by atoms with Crippen LogP contribution in [0.5, 0.6) is 0 Å². The van der Waals surface area contributed by atoms with Crippen molar-refractivity contribution in [1.29, 1.82) is 0 Å². The van der Waals surface area contributed by atoms with Gasteiger partial charge in [0.1, 0.15) is 5.92 Å². The number of hydrogen-bond donors (Lipinski definition) is 2. The lowest BCUT2D eigenvalue weighted by molar-refractivity contribution is -0.145. The SMILES string of the molecule is C=CC(=O)C(CCN)C(=O)O. The van der Waals surface area contributed by atoms with Gasteiger partial charge in [0.05, 0.1) is 0 Å². The van der Waals surface area contributed by atoms with Crippen molar-refractivity contribution in [2.24, 2.45) is 11.7 Å². The Morgan fingerprint density at radius 2 is 2.18 bits per heavy atom. The summed E-state index contributed by atoms with van der Waals surface area (Å²) in [7, 11) is 0. The van der Waals surface area contributed by atoms with E-state index in [4.69, 9.17) is 10.8 Å². The number of carboxylic acids is 1. The molecule has 0 aliphatic rings. The van der Waals surface area contributed by atoms with Crippen LogP contribution in [-0.2, 0) is 9.59 Å². The van der Waals surface area contributed by atoms with Crippen LogP contribution in [0.2, 0.25) is 0 Å². The zero-order valence-electron chi connectivity index (χ0n) is 6.12. The monoisotopic (exact) mass is 157 g/mol. The molecule has 0 rings (SSSR count). The van der Waals surface area contributed by atoms with Crippen molar-refractivity contribution < 1.29 is 14.7 Å². The average Bonchev–Trinajstić information content (AvgIpc) is 1.98. The van der Waals surface area contributed by atoms with E-state index < -0.39 is 17.7 Å². The van der Waals surface area contributed by atoms with Gasteiger partial charge in [0.15, 0.2) is 5.78 Å². The summed E-state index contributed by atoms with van der Waals surface area (Å²) in [5.41, 5.74) is 5.11. The van der Waals surface area contributed by atoms with E-state index in [2.05, 4.69) is 6.58 Å². The molecule has 0 aromatic carbocycles. The van der Waals surface area contributed by atoms with Gasteiger partial charge in [-0.1, -0.05) is 6.58 Å². The highest BCUT2D eigenvalue weighted by Gasteiger charge is 2.22. The van der Waals surface area contributed by atoms with Crippen molar-refractivity contribution in [3.8, 4) is 0 Å². The van der Waals surface area contributed by atoms with Crippen LogP contribution in [-0.4, -0.2) is 23.4 Å². The van der Waals surface area contributed by atoms with Crippen LogP contribution in [0.1, 0.15) is 6.42 Å². The van der Waals surface area contributed by atoms with Crippen molar-refractivity contribution in [2.45, 2.75) is 6.42 Å². The van der Waals surface area contributed by atoms with Crippen LogP contribution in [0.3, 0.4) is 0 Å². The van der Waals surface area contributed by atoms with Gasteiger partial charge in [-0.05, 0) is 19.0 Å². The fourth-order valence-electron chi connectivity index (χ4n) is 0.696. The van der Waals surface area contributed by atoms with Crippen LogP contribution in [0.15, 0.2) is 12.7 Å². The Morgan fingerprint density at radius 1 is 1.64 bits per heavy atom. The van der Waals surface area contributed by atoms with Crippen LogP contribution in [0.25, 0.3) is 0 Å². The predicted molar refractivity (Wildman–Crippen MR) is 40.0 cm³/mol. The lowest BCUT2D eigenvalue weighted by Crippen LogP contribution is -2.24. The molecule has 0 saturated heterocycles. The van der Waals surface area contributed by atoms with E-state index in [1.165, 1.54) is 0 Å². The number of nitrogens with two attached hydrogens (primary N) is 1. The molecule has 0 aliphatic carbocycles. The van der Waals surface area contributed by atoms with Gasteiger partial charge in [-0.15, -0.1) is 0 Å². The van der Waals surface area contributed by atoms with Crippen LogP contribution in [0, 0.1) is 5.92 Å². The minimum absolute atomic E-state index is 0.167. The molecule has 0 saturated carbocycles. The molecule has 1 unspecified atom stereocenters. The highest BCUT2D eigenvalue weighted by Crippen LogP contribution is 2.03. The highest BCUT2D eigenvalue weighted by molar-refractivity contribution is 6.04. The van der Waals surface area contributed by atoms with E-state index in [1.54, 1.807) is 0 Å². The Labute approximate surface area is 64.7 Å². The molecule has 0 aromatic rings. The zero-order chi connectivity index (χ0) is 8.85. The van der Waals surface area contributed by atoms with E-state index in [0.29, 0.717) is 0 Å². The van der Waals surface area contributed by atoms with Crippen LogP contribution in [0.4, 0.5) is 0 Å². The number of allylic oxidation sites excluding steroid dienone is 1. The number of carbonyl (C=O) groups is 2. The lowest BCUT2D eigenvalue weighted by atomic mass is 10.0. The van der Waals surface area contributed by atoms with E-state index in [-0.39, 0.29) is 13.0 Å². The summed E-state index contributed by atoms with van der Waals surface area (Å²) in [4.78, 5) is 21.2. The Morgan fingerprint density at radius 3 is 2.45 bits per heavy atom. The van der Waals surface area contributed by atoms with Gasteiger partial charge in [0.25, 0.3) is 0 Å². The van der Waals surface area contributed by atoms with Crippen LogP contribution < -0.4 is 5.73 Å². The molecule has 0 bridgehead atoms. The van der Waals surface area contributed by atoms with Crippen molar-refractivity contribution in [3.05, 3.63) is 12.7 Å². The Bertz CT molecular complexity index is 177. The van der Waals surface area contributed by atoms with Crippen molar-refractivity contribution in [3.63, 3.8) is 0 Å². The van der Waals surface area contributed by atoms with Gasteiger partial charge in [0.2, 0.25) is 0 Å². The molecule has 0 fully saturated rings. The summed E-state index contributed by atoms with van der Waals surface area (Å²) in [6, 6.07) is 0. The second-order valence-corrected chi connectivity index (χ2v) is 2.07. The summed E-state index contributed by atoms with van der Waals surface area (Å²) < 4.78 is 0. The molecule has 11 heavy (non-hydrogen) atoms. The lowest BCUT2D eigenvalue weighted by Gasteiger charge is -2.05. The van der Waals surface area contributed by atoms with Crippen molar-refractivity contribution in [2.75, 3.05) is 6.54 Å². The number of carbonyl (C=O) groups excluding carboxylic acids is 1. The first-order valence-electron chi connectivity index (χ1n) is 3.22. The number of hydrogen-bond acceptors (Lipinski definition) is 3.